The Bertz CT molecular complexity index is 868. The van der Waals surface area contributed by atoms with Gasteiger partial charge in [0.1, 0.15) is 11.6 Å². The molecule has 1 N–H and O–H groups in total. The number of phenols is 1. The van der Waals surface area contributed by atoms with E-state index in [1.165, 1.54) is 0 Å². The van der Waals surface area contributed by atoms with E-state index in [1.807, 2.05) is 24.3 Å². The van der Waals surface area contributed by atoms with Gasteiger partial charge in [-0.25, -0.2) is 4.98 Å². The van der Waals surface area contributed by atoms with Gasteiger partial charge in [-0.1, -0.05) is 31.5 Å². The van der Waals surface area contributed by atoms with Crippen molar-refractivity contribution in [1.29, 1.82) is 0 Å². The van der Waals surface area contributed by atoms with Crippen LogP contribution in [0.25, 0.3) is 16.6 Å². The second-order valence-electron chi connectivity index (χ2n) is 5.31. The van der Waals surface area contributed by atoms with Gasteiger partial charge in [0.25, 0.3) is 5.56 Å². The van der Waals surface area contributed by atoms with Crippen LogP contribution < -0.4 is 5.56 Å². The fourth-order valence-electron chi connectivity index (χ4n) is 2.58. The minimum atomic E-state index is -0.0951. The zero-order valence-electron chi connectivity index (χ0n) is 12.5. The third kappa shape index (κ3) is 2.60. The van der Waals surface area contributed by atoms with Crippen LogP contribution in [0.5, 0.6) is 5.75 Å². The van der Waals surface area contributed by atoms with Crippen molar-refractivity contribution in [3.05, 3.63) is 64.7 Å². The second-order valence-corrected chi connectivity index (χ2v) is 5.31. The predicted molar refractivity (Wildman–Crippen MR) is 87.6 cm³/mol. The smallest absolute Gasteiger partial charge is 0.265 e. The zero-order chi connectivity index (χ0) is 15.5. The van der Waals surface area contributed by atoms with Gasteiger partial charge >= 0.3 is 0 Å². The Hall–Kier alpha value is -2.62. The summed E-state index contributed by atoms with van der Waals surface area (Å²) in [5, 5.41) is 10.3. The Kier molecular flexibility index (Phi) is 3.92. The summed E-state index contributed by atoms with van der Waals surface area (Å²) in [5.74, 6) is 0.871. The zero-order valence-corrected chi connectivity index (χ0v) is 12.5. The van der Waals surface area contributed by atoms with Crippen molar-refractivity contribution < 1.29 is 5.11 Å². The Morgan fingerprint density at radius 3 is 2.73 bits per heavy atom. The van der Waals surface area contributed by atoms with E-state index in [0.29, 0.717) is 11.1 Å². The van der Waals surface area contributed by atoms with Crippen molar-refractivity contribution in [3.63, 3.8) is 0 Å². The number of aromatic nitrogens is 2. The molecule has 0 fully saturated rings. The average Bonchev–Trinajstić information content (AvgIpc) is 2.53. The molecule has 22 heavy (non-hydrogen) atoms. The molecule has 0 amide bonds. The molecule has 3 rings (SSSR count). The molecule has 0 unspecified atom stereocenters. The first-order valence-electron chi connectivity index (χ1n) is 7.51. The lowest BCUT2D eigenvalue weighted by Crippen LogP contribution is -2.24. The summed E-state index contributed by atoms with van der Waals surface area (Å²) >= 11 is 0. The molecule has 0 saturated heterocycles. The predicted octanol–water partition coefficient (Wildman–Crippen LogP) is 3.43. The fourth-order valence-corrected chi connectivity index (χ4v) is 2.58. The number of benzene rings is 2. The van der Waals surface area contributed by atoms with Crippen molar-refractivity contribution in [2.45, 2.75) is 26.2 Å². The summed E-state index contributed by atoms with van der Waals surface area (Å²) in [6, 6.07) is 14.1. The number of aromatic hydroxyl groups is 1. The highest BCUT2D eigenvalue weighted by Gasteiger charge is 2.12. The Morgan fingerprint density at radius 1 is 1.14 bits per heavy atom. The quantitative estimate of drug-likeness (QED) is 0.802. The molecule has 0 radical (unpaired) electrons. The lowest BCUT2D eigenvalue weighted by Gasteiger charge is -2.13. The Balaban J connectivity index is 2.29. The van der Waals surface area contributed by atoms with Gasteiger partial charge in [-0.15, -0.1) is 0 Å². The van der Waals surface area contributed by atoms with Crippen LogP contribution >= 0.6 is 0 Å². The first-order chi connectivity index (χ1) is 10.7. The number of hydrogen-bond acceptors (Lipinski definition) is 3. The highest BCUT2D eigenvalue weighted by Crippen LogP contribution is 2.18. The first-order valence-corrected chi connectivity index (χ1v) is 7.51. The third-order valence-corrected chi connectivity index (χ3v) is 3.69. The van der Waals surface area contributed by atoms with Gasteiger partial charge in [-0.3, -0.25) is 9.36 Å². The molecule has 1 aromatic heterocycles. The summed E-state index contributed by atoms with van der Waals surface area (Å²) in [6.07, 6.45) is 2.72. The summed E-state index contributed by atoms with van der Waals surface area (Å²) < 4.78 is 1.61. The molecule has 2 aromatic carbocycles. The minimum absolute atomic E-state index is 0.0951. The van der Waals surface area contributed by atoms with Crippen molar-refractivity contribution >= 4 is 10.9 Å². The summed E-state index contributed by atoms with van der Waals surface area (Å²) in [5.41, 5.74) is 1.27. The molecule has 0 aliphatic rings. The summed E-state index contributed by atoms with van der Waals surface area (Å²) in [6.45, 7) is 2.11. The number of phenolic OH excluding ortho intramolecular Hbond substituents is 1. The van der Waals surface area contributed by atoms with E-state index in [4.69, 9.17) is 0 Å². The van der Waals surface area contributed by atoms with E-state index in [2.05, 4.69) is 11.9 Å². The van der Waals surface area contributed by atoms with Crippen LogP contribution in [0.1, 0.15) is 25.6 Å². The van der Waals surface area contributed by atoms with Gasteiger partial charge in [0, 0.05) is 12.5 Å². The maximum absolute atomic E-state index is 12.9. The number of hydrogen-bond donors (Lipinski definition) is 1. The van der Waals surface area contributed by atoms with E-state index < -0.39 is 0 Å². The molecule has 0 bridgehead atoms. The Morgan fingerprint density at radius 2 is 1.95 bits per heavy atom. The van der Waals surface area contributed by atoms with Gasteiger partial charge in [0.05, 0.1) is 16.6 Å². The molecule has 0 atom stereocenters. The topological polar surface area (TPSA) is 55.1 Å². The molecule has 0 aliphatic carbocycles. The van der Waals surface area contributed by atoms with Crippen molar-refractivity contribution in [1.82, 2.24) is 9.55 Å². The van der Waals surface area contributed by atoms with Crippen LogP contribution in [0.3, 0.4) is 0 Å². The van der Waals surface area contributed by atoms with Crippen LogP contribution in [-0.4, -0.2) is 14.7 Å². The van der Waals surface area contributed by atoms with Gasteiger partial charge in [0.2, 0.25) is 0 Å². The normalized spacial score (nSPS) is 11.0. The highest BCUT2D eigenvalue weighted by atomic mass is 16.3. The van der Waals surface area contributed by atoms with Gasteiger partial charge in [-0.2, -0.15) is 0 Å². The standard InChI is InChI=1S/C18H18N2O2/c1-2-3-11-17-19-16-10-5-4-9-15(16)18(22)20(17)13-7-6-8-14(21)12-13/h4-10,12,21H,2-3,11H2,1H3. The highest BCUT2D eigenvalue weighted by molar-refractivity contribution is 5.77. The van der Waals surface area contributed by atoms with Crippen molar-refractivity contribution in [2.24, 2.45) is 0 Å². The molecule has 4 nitrogen and oxygen atoms in total. The molecule has 4 heteroatoms. The van der Waals surface area contributed by atoms with E-state index in [0.717, 1.165) is 30.6 Å². The van der Waals surface area contributed by atoms with E-state index in [9.17, 15) is 9.90 Å². The first kappa shape index (κ1) is 14.3. The number of rotatable bonds is 4. The second kappa shape index (κ2) is 6.02. The monoisotopic (exact) mass is 294 g/mol. The largest absolute Gasteiger partial charge is 0.508 e. The van der Waals surface area contributed by atoms with E-state index >= 15 is 0 Å². The van der Waals surface area contributed by atoms with Crippen LogP contribution in [0.15, 0.2) is 53.3 Å². The maximum Gasteiger partial charge on any atom is 0.265 e. The number of unbranched alkanes of at least 4 members (excludes halogenated alkanes) is 1. The van der Waals surface area contributed by atoms with Crippen LogP contribution in [0.4, 0.5) is 0 Å². The van der Waals surface area contributed by atoms with Gasteiger partial charge in [-0.05, 0) is 30.7 Å². The van der Waals surface area contributed by atoms with Crippen molar-refractivity contribution in [2.75, 3.05) is 0 Å². The number of para-hydroxylation sites is 1. The molecule has 0 spiro atoms. The average molecular weight is 294 g/mol. The SMILES string of the molecule is CCCCc1nc2ccccc2c(=O)n1-c1cccc(O)c1. The van der Waals surface area contributed by atoms with Crippen LogP contribution in [0.2, 0.25) is 0 Å². The molecule has 112 valence electrons. The number of nitrogens with zero attached hydrogens (tertiary/aromatic N) is 2. The lowest BCUT2D eigenvalue weighted by molar-refractivity contribution is 0.475. The molecular formula is C18H18N2O2. The molecule has 1 heterocycles. The minimum Gasteiger partial charge on any atom is -0.508 e. The van der Waals surface area contributed by atoms with Crippen molar-refractivity contribution in [3.8, 4) is 11.4 Å². The molecule has 3 aromatic rings. The van der Waals surface area contributed by atoms with Crippen LogP contribution in [-0.2, 0) is 6.42 Å². The third-order valence-electron chi connectivity index (χ3n) is 3.69. The number of fused-ring (bicyclic) bond motifs is 1. The fraction of sp³-hybridized carbons (Fsp3) is 0.222. The van der Waals surface area contributed by atoms with E-state index in [-0.39, 0.29) is 11.3 Å². The molecule has 0 saturated carbocycles. The van der Waals surface area contributed by atoms with Gasteiger partial charge in [0.15, 0.2) is 0 Å². The summed E-state index contributed by atoms with van der Waals surface area (Å²) in [4.78, 5) is 17.5. The summed E-state index contributed by atoms with van der Waals surface area (Å²) in [7, 11) is 0. The molecule has 0 aliphatic heterocycles. The van der Waals surface area contributed by atoms with E-state index in [1.54, 1.807) is 28.8 Å². The van der Waals surface area contributed by atoms with Crippen LogP contribution in [0, 0.1) is 0 Å². The molecular weight excluding hydrogens is 276 g/mol. The maximum atomic E-state index is 12.9. The van der Waals surface area contributed by atoms with Gasteiger partial charge < -0.3 is 5.11 Å². The lowest BCUT2D eigenvalue weighted by atomic mass is 10.2. The number of aryl methyl sites for hydroxylation is 1. The Labute approximate surface area is 128 Å².